The van der Waals surface area contributed by atoms with Gasteiger partial charge in [0, 0.05) is 23.0 Å². The van der Waals surface area contributed by atoms with Gasteiger partial charge in [-0.3, -0.25) is 4.79 Å². The Balaban J connectivity index is 1.76. The molecule has 19 heavy (non-hydrogen) atoms. The highest BCUT2D eigenvalue weighted by atomic mass is 16.1. The quantitative estimate of drug-likeness (QED) is 0.771. The number of carbonyl (C=O) groups excluding carboxylic acids is 1. The van der Waals surface area contributed by atoms with E-state index in [2.05, 4.69) is 10.3 Å². The molecule has 1 aromatic heterocycles. The van der Waals surface area contributed by atoms with Crippen LogP contribution in [-0.2, 0) is 0 Å². The van der Waals surface area contributed by atoms with Gasteiger partial charge in [-0.25, -0.2) is 0 Å². The molecule has 4 heteroatoms. The lowest BCUT2D eigenvalue weighted by molar-refractivity contribution is 0.0917. The fourth-order valence-electron chi connectivity index (χ4n) is 2.78. The second-order valence-corrected chi connectivity index (χ2v) is 5.30. The van der Waals surface area contributed by atoms with E-state index >= 15 is 0 Å². The minimum atomic E-state index is -0.0569. The van der Waals surface area contributed by atoms with E-state index in [9.17, 15) is 4.79 Å². The highest BCUT2D eigenvalue weighted by Crippen LogP contribution is 2.18. The number of nitrogens with two attached hydrogens (primary N) is 1. The second kappa shape index (κ2) is 5.05. The maximum absolute atomic E-state index is 12.2. The van der Waals surface area contributed by atoms with Crippen molar-refractivity contribution < 1.29 is 4.79 Å². The van der Waals surface area contributed by atoms with Crippen LogP contribution in [0.1, 0.15) is 36.2 Å². The number of aromatic nitrogens is 1. The number of hydrogen-bond donors (Lipinski definition) is 3. The molecular formula is C15H19N3O. The van der Waals surface area contributed by atoms with Gasteiger partial charge in [-0.05, 0) is 25.0 Å². The number of benzene rings is 1. The number of rotatable bonds is 2. The van der Waals surface area contributed by atoms with E-state index in [0.29, 0.717) is 5.69 Å². The van der Waals surface area contributed by atoms with Crippen LogP contribution in [0.15, 0.2) is 30.3 Å². The molecular weight excluding hydrogens is 238 g/mol. The summed E-state index contributed by atoms with van der Waals surface area (Å²) in [6.45, 7) is 0. The fraction of sp³-hybridized carbons (Fsp3) is 0.400. The first-order valence-corrected chi connectivity index (χ1v) is 6.88. The average Bonchev–Trinajstić information content (AvgIpc) is 2.85. The van der Waals surface area contributed by atoms with Crippen molar-refractivity contribution in [2.75, 3.05) is 0 Å². The van der Waals surface area contributed by atoms with Crippen molar-refractivity contribution in [3.05, 3.63) is 36.0 Å². The first-order chi connectivity index (χ1) is 9.24. The Morgan fingerprint density at radius 3 is 2.84 bits per heavy atom. The van der Waals surface area contributed by atoms with Crippen LogP contribution in [0.3, 0.4) is 0 Å². The molecule has 4 N–H and O–H groups in total. The molecule has 2 aromatic rings. The van der Waals surface area contributed by atoms with Crippen molar-refractivity contribution >= 4 is 16.8 Å². The van der Waals surface area contributed by atoms with E-state index in [-0.39, 0.29) is 18.0 Å². The van der Waals surface area contributed by atoms with Gasteiger partial charge in [-0.1, -0.05) is 31.0 Å². The van der Waals surface area contributed by atoms with Crippen LogP contribution >= 0.6 is 0 Å². The standard InChI is InChI=1S/C15H19N3O/c16-11-6-2-4-8-13(11)18-15(19)14-9-10-5-1-3-7-12(10)17-14/h1,3,5,7,9,11,13,17H,2,4,6,8,16H2,(H,18,19). The Morgan fingerprint density at radius 1 is 1.26 bits per heavy atom. The van der Waals surface area contributed by atoms with Crippen molar-refractivity contribution in [1.82, 2.24) is 10.3 Å². The molecule has 2 unspecified atom stereocenters. The third-order valence-electron chi connectivity index (χ3n) is 3.91. The van der Waals surface area contributed by atoms with Crippen LogP contribution in [0.4, 0.5) is 0 Å². The molecule has 4 nitrogen and oxygen atoms in total. The van der Waals surface area contributed by atoms with Gasteiger partial charge in [-0.15, -0.1) is 0 Å². The zero-order valence-electron chi connectivity index (χ0n) is 10.9. The van der Waals surface area contributed by atoms with Crippen LogP contribution in [0.2, 0.25) is 0 Å². The Labute approximate surface area is 112 Å². The molecule has 3 rings (SSSR count). The number of aromatic amines is 1. The normalized spacial score (nSPS) is 23.4. The molecule has 1 fully saturated rings. The van der Waals surface area contributed by atoms with Gasteiger partial charge >= 0.3 is 0 Å². The van der Waals surface area contributed by atoms with Gasteiger partial charge in [-0.2, -0.15) is 0 Å². The molecule has 100 valence electrons. The summed E-state index contributed by atoms with van der Waals surface area (Å²) in [5.41, 5.74) is 7.65. The molecule has 0 bridgehead atoms. The first-order valence-electron chi connectivity index (χ1n) is 6.88. The van der Waals surface area contributed by atoms with Gasteiger partial charge in [0.2, 0.25) is 0 Å². The highest BCUT2D eigenvalue weighted by molar-refractivity contribution is 5.98. The second-order valence-electron chi connectivity index (χ2n) is 5.30. The maximum atomic E-state index is 12.2. The molecule has 0 spiro atoms. The topological polar surface area (TPSA) is 70.9 Å². The van der Waals surface area contributed by atoms with Crippen molar-refractivity contribution in [3.63, 3.8) is 0 Å². The van der Waals surface area contributed by atoms with Gasteiger partial charge in [0.05, 0.1) is 0 Å². The van der Waals surface area contributed by atoms with Gasteiger partial charge < -0.3 is 16.0 Å². The highest BCUT2D eigenvalue weighted by Gasteiger charge is 2.24. The summed E-state index contributed by atoms with van der Waals surface area (Å²) in [6.07, 6.45) is 4.29. The number of fused-ring (bicyclic) bond motifs is 1. The zero-order valence-corrected chi connectivity index (χ0v) is 10.9. The predicted molar refractivity (Wildman–Crippen MR) is 76.0 cm³/mol. The molecule has 1 amide bonds. The van der Waals surface area contributed by atoms with E-state index in [1.54, 1.807) is 0 Å². The molecule has 1 saturated carbocycles. The van der Waals surface area contributed by atoms with E-state index in [0.717, 1.165) is 30.2 Å². The summed E-state index contributed by atoms with van der Waals surface area (Å²) in [5.74, 6) is -0.0569. The molecule has 1 aromatic carbocycles. The van der Waals surface area contributed by atoms with E-state index in [1.165, 1.54) is 6.42 Å². The summed E-state index contributed by atoms with van der Waals surface area (Å²) in [5, 5.41) is 4.11. The largest absolute Gasteiger partial charge is 0.351 e. The lowest BCUT2D eigenvalue weighted by atomic mass is 9.91. The van der Waals surface area contributed by atoms with Crippen molar-refractivity contribution in [2.45, 2.75) is 37.8 Å². The van der Waals surface area contributed by atoms with E-state index < -0.39 is 0 Å². The monoisotopic (exact) mass is 257 g/mol. The molecule has 1 aliphatic rings. The molecule has 1 heterocycles. The summed E-state index contributed by atoms with van der Waals surface area (Å²) in [4.78, 5) is 15.4. The van der Waals surface area contributed by atoms with Crippen molar-refractivity contribution in [3.8, 4) is 0 Å². The average molecular weight is 257 g/mol. The predicted octanol–water partition coefficient (Wildman–Crippen LogP) is 2.17. The molecule has 0 aliphatic heterocycles. The maximum Gasteiger partial charge on any atom is 0.268 e. The summed E-state index contributed by atoms with van der Waals surface area (Å²) in [6, 6.07) is 9.97. The lowest BCUT2D eigenvalue weighted by Gasteiger charge is -2.29. The molecule has 0 saturated heterocycles. The summed E-state index contributed by atoms with van der Waals surface area (Å²) in [7, 11) is 0. The van der Waals surface area contributed by atoms with Crippen LogP contribution in [0.25, 0.3) is 10.9 Å². The Morgan fingerprint density at radius 2 is 2.05 bits per heavy atom. The smallest absolute Gasteiger partial charge is 0.268 e. The lowest BCUT2D eigenvalue weighted by Crippen LogP contribution is -2.49. The van der Waals surface area contributed by atoms with Crippen LogP contribution in [0.5, 0.6) is 0 Å². The third kappa shape index (κ3) is 2.49. The van der Waals surface area contributed by atoms with Gasteiger partial charge in [0.15, 0.2) is 0 Å². The Hall–Kier alpha value is -1.81. The van der Waals surface area contributed by atoms with Gasteiger partial charge in [0.25, 0.3) is 5.91 Å². The first kappa shape index (κ1) is 12.2. The number of carbonyl (C=O) groups is 1. The Bertz CT molecular complexity index is 557. The minimum Gasteiger partial charge on any atom is -0.351 e. The number of nitrogens with one attached hydrogen (secondary N) is 2. The molecule has 1 aliphatic carbocycles. The SMILES string of the molecule is NC1CCCCC1NC(=O)c1cc2ccccc2[nH]1. The van der Waals surface area contributed by atoms with Crippen molar-refractivity contribution in [2.24, 2.45) is 5.73 Å². The van der Waals surface area contributed by atoms with Crippen molar-refractivity contribution in [1.29, 1.82) is 0 Å². The number of para-hydroxylation sites is 1. The number of amides is 1. The van der Waals surface area contributed by atoms with Gasteiger partial charge in [0.1, 0.15) is 5.69 Å². The minimum absolute atomic E-state index is 0.0569. The summed E-state index contributed by atoms with van der Waals surface area (Å²) >= 11 is 0. The van der Waals surface area contributed by atoms with E-state index in [4.69, 9.17) is 5.73 Å². The number of hydrogen-bond acceptors (Lipinski definition) is 2. The van der Waals surface area contributed by atoms with Crippen LogP contribution in [-0.4, -0.2) is 23.0 Å². The summed E-state index contributed by atoms with van der Waals surface area (Å²) < 4.78 is 0. The zero-order chi connectivity index (χ0) is 13.2. The number of H-pyrrole nitrogens is 1. The van der Waals surface area contributed by atoms with Crippen LogP contribution < -0.4 is 11.1 Å². The molecule has 0 radical (unpaired) electrons. The molecule has 2 atom stereocenters. The third-order valence-corrected chi connectivity index (χ3v) is 3.91. The van der Waals surface area contributed by atoms with E-state index in [1.807, 2.05) is 30.3 Å². The van der Waals surface area contributed by atoms with Crippen LogP contribution in [0, 0.1) is 0 Å². The fourth-order valence-corrected chi connectivity index (χ4v) is 2.78. The Kier molecular flexibility index (Phi) is 3.25.